The maximum absolute atomic E-state index is 13.1. The Hall–Kier alpha value is -3.66. The molecule has 0 bridgehead atoms. The van der Waals surface area contributed by atoms with E-state index >= 15 is 0 Å². The first kappa shape index (κ1) is 16.5. The molecule has 0 aliphatic carbocycles. The van der Waals surface area contributed by atoms with Crippen molar-refractivity contribution < 1.29 is 4.79 Å². The minimum absolute atomic E-state index is 0.212. The molecule has 2 aliphatic heterocycles. The van der Waals surface area contributed by atoms with E-state index in [0.717, 1.165) is 28.1 Å². The molecule has 136 valence electrons. The molecule has 0 radical (unpaired) electrons. The molecule has 3 aromatic rings. The quantitative estimate of drug-likeness (QED) is 0.715. The third-order valence-corrected chi connectivity index (χ3v) is 5.32. The van der Waals surface area contributed by atoms with Crippen molar-refractivity contribution in [1.82, 2.24) is 10.3 Å². The number of amides is 2. The van der Waals surface area contributed by atoms with Gasteiger partial charge in [0.2, 0.25) is 0 Å². The molecule has 0 saturated carbocycles. The minimum Gasteiger partial charge on any atom is -0.306 e. The third kappa shape index (κ3) is 2.62. The molecule has 4 heteroatoms. The Bertz CT molecular complexity index is 1070. The van der Waals surface area contributed by atoms with E-state index in [2.05, 4.69) is 23.5 Å². The molecule has 2 aliphatic rings. The van der Waals surface area contributed by atoms with Crippen molar-refractivity contribution in [2.45, 2.75) is 12.0 Å². The van der Waals surface area contributed by atoms with Gasteiger partial charge in [0, 0.05) is 12.1 Å². The largest absolute Gasteiger partial charge is 0.343 e. The van der Waals surface area contributed by atoms with Crippen LogP contribution in [0.4, 0.5) is 4.79 Å². The summed E-state index contributed by atoms with van der Waals surface area (Å²) in [4.78, 5) is 13.1. The minimum atomic E-state index is -0.639. The predicted octanol–water partition coefficient (Wildman–Crippen LogP) is 4.76. The highest BCUT2D eigenvalue weighted by Gasteiger charge is 2.49. The van der Waals surface area contributed by atoms with Gasteiger partial charge < -0.3 is 5.32 Å². The smallest absolute Gasteiger partial charge is 0.306 e. The lowest BCUT2D eigenvalue weighted by atomic mass is 9.81. The average Bonchev–Trinajstić information content (AvgIpc) is 3.17. The second-order valence-corrected chi connectivity index (χ2v) is 7.05. The van der Waals surface area contributed by atoms with Crippen LogP contribution in [0.15, 0.2) is 102 Å². The summed E-state index contributed by atoms with van der Waals surface area (Å²) in [5, 5.41) is 9.34. The maximum atomic E-state index is 13.1. The first-order chi connectivity index (χ1) is 13.8. The van der Waals surface area contributed by atoms with Gasteiger partial charge in [-0.15, -0.1) is 0 Å². The fraction of sp³-hybridized carbons (Fsp3) is 0.0833. The Balaban J connectivity index is 1.67. The number of benzene rings is 3. The highest BCUT2D eigenvalue weighted by molar-refractivity contribution is 6.05. The van der Waals surface area contributed by atoms with E-state index in [4.69, 9.17) is 5.10 Å². The molecule has 0 saturated heterocycles. The molecule has 0 fully saturated rings. The summed E-state index contributed by atoms with van der Waals surface area (Å²) in [6.45, 7) is 0. The van der Waals surface area contributed by atoms with E-state index in [1.807, 2.05) is 78.9 Å². The van der Waals surface area contributed by atoms with Gasteiger partial charge in [-0.3, -0.25) is 0 Å². The Kier molecular flexibility index (Phi) is 3.83. The van der Waals surface area contributed by atoms with Crippen LogP contribution in [0.2, 0.25) is 0 Å². The van der Waals surface area contributed by atoms with Crippen LogP contribution >= 0.6 is 0 Å². The molecule has 2 heterocycles. The van der Waals surface area contributed by atoms with E-state index < -0.39 is 5.54 Å². The van der Waals surface area contributed by atoms with Crippen LogP contribution in [0.1, 0.15) is 23.1 Å². The monoisotopic (exact) mass is 365 g/mol. The zero-order valence-corrected chi connectivity index (χ0v) is 15.2. The summed E-state index contributed by atoms with van der Waals surface area (Å²) in [6.07, 6.45) is 2.77. The summed E-state index contributed by atoms with van der Waals surface area (Å²) >= 11 is 0. The number of hydrogen-bond acceptors (Lipinski definition) is 2. The van der Waals surface area contributed by atoms with Crippen molar-refractivity contribution in [2.24, 2.45) is 5.10 Å². The number of carbonyl (C=O) groups is 1. The summed E-state index contributed by atoms with van der Waals surface area (Å²) in [6, 6.07) is 29.9. The first-order valence-corrected chi connectivity index (χ1v) is 9.34. The van der Waals surface area contributed by atoms with Gasteiger partial charge in [-0.05, 0) is 22.8 Å². The summed E-state index contributed by atoms with van der Waals surface area (Å²) in [7, 11) is 0. The van der Waals surface area contributed by atoms with Crippen LogP contribution in [-0.4, -0.2) is 16.8 Å². The SMILES string of the molecule is O=C1NC(c2ccccc2)=CC2(c3ccccc3)CC(c3ccccc3)=NN12. The third-order valence-electron chi connectivity index (χ3n) is 5.32. The van der Waals surface area contributed by atoms with Crippen molar-refractivity contribution in [3.05, 3.63) is 114 Å². The van der Waals surface area contributed by atoms with Crippen LogP contribution in [-0.2, 0) is 5.54 Å². The molecule has 1 unspecified atom stereocenters. The van der Waals surface area contributed by atoms with E-state index in [1.165, 1.54) is 0 Å². The van der Waals surface area contributed by atoms with E-state index in [1.54, 1.807) is 5.01 Å². The maximum Gasteiger partial charge on any atom is 0.343 e. The van der Waals surface area contributed by atoms with Gasteiger partial charge in [-0.25, -0.2) is 4.79 Å². The number of nitrogens with zero attached hydrogens (tertiary/aromatic N) is 2. The highest BCUT2D eigenvalue weighted by atomic mass is 16.2. The van der Waals surface area contributed by atoms with Crippen molar-refractivity contribution >= 4 is 17.4 Å². The van der Waals surface area contributed by atoms with Crippen LogP contribution in [0.3, 0.4) is 0 Å². The van der Waals surface area contributed by atoms with Gasteiger partial charge in [0.05, 0.1) is 5.71 Å². The molecule has 1 atom stereocenters. The molecule has 28 heavy (non-hydrogen) atoms. The molecule has 0 spiro atoms. The van der Waals surface area contributed by atoms with Crippen molar-refractivity contribution in [1.29, 1.82) is 0 Å². The van der Waals surface area contributed by atoms with Crippen LogP contribution < -0.4 is 5.32 Å². The second-order valence-electron chi connectivity index (χ2n) is 7.05. The lowest BCUT2D eigenvalue weighted by Gasteiger charge is -2.38. The number of fused-ring (bicyclic) bond motifs is 1. The van der Waals surface area contributed by atoms with Crippen LogP contribution in [0.5, 0.6) is 0 Å². The number of nitrogens with one attached hydrogen (secondary N) is 1. The van der Waals surface area contributed by atoms with Crippen LogP contribution in [0, 0.1) is 0 Å². The molecule has 2 amide bonds. The highest BCUT2D eigenvalue weighted by Crippen LogP contribution is 2.44. The first-order valence-electron chi connectivity index (χ1n) is 9.34. The molecule has 5 rings (SSSR count). The lowest BCUT2D eigenvalue weighted by molar-refractivity contribution is 0.158. The zero-order chi connectivity index (χ0) is 19.0. The van der Waals surface area contributed by atoms with Gasteiger partial charge in [-0.1, -0.05) is 91.0 Å². The predicted molar refractivity (Wildman–Crippen MR) is 111 cm³/mol. The fourth-order valence-corrected chi connectivity index (χ4v) is 3.96. The van der Waals surface area contributed by atoms with Crippen LogP contribution in [0.25, 0.3) is 5.70 Å². The summed E-state index contributed by atoms with van der Waals surface area (Å²) in [5.74, 6) is 0. The number of hydrazone groups is 1. The molecule has 0 aromatic heterocycles. The lowest BCUT2D eigenvalue weighted by Crippen LogP contribution is -2.50. The molecule has 3 aromatic carbocycles. The average molecular weight is 365 g/mol. The van der Waals surface area contributed by atoms with E-state index in [0.29, 0.717) is 6.42 Å². The van der Waals surface area contributed by atoms with Crippen molar-refractivity contribution in [3.8, 4) is 0 Å². The normalized spacial score (nSPS) is 20.9. The van der Waals surface area contributed by atoms with Crippen molar-refractivity contribution in [2.75, 3.05) is 0 Å². The number of rotatable bonds is 3. The van der Waals surface area contributed by atoms with Gasteiger partial charge in [0.1, 0.15) is 5.54 Å². The fourth-order valence-electron chi connectivity index (χ4n) is 3.96. The molecular formula is C24H19N3O. The van der Waals surface area contributed by atoms with Gasteiger partial charge in [-0.2, -0.15) is 10.1 Å². The van der Waals surface area contributed by atoms with Crippen molar-refractivity contribution in [3.63, 3.8) is 0 Å². The van der Waals surface area contributed by atoms with E-state index in [-0.39, 0.29) is 6.03 Å². The standard InChI is InChI=1S/C24H19N3O/c28-23-25-21(18-10-4-1-5-11-18)16-24(20-14-8-3-9-15-20)17-22(26-27(23)24)19-12-6-2-7-13-19/h1-16H,17H2,(H,25,28). The second kappa shape index (κ2) is 6.50. The molecule has 4 nitrogen and oxygen atoms in total. The van der Waals surface area contributed by atoms with Gasteiger partial charge in [0.25, 0.3) is 0 Å². The van der Waals surface area contributed by atoms with Gasteiger partial charge in [0.15, 0.2) is 0 Å². The van der Waals surface area contributed by atoms with E-state index in [9.17, 15) is 4.79 Å². The Labute approximate surface area is 163 Å². The topological polar surface area (TPSA) is 44.7 Å². The number of urea groups is 1. The summed E-state index contributed by atoms with van der Waals surface area (Å²) in [5.41, 5.74) is 4.15. The number of hydrogen-bond donors (Lipinski definition) is 1. The molecule has 1 N–H and O–H groups in total. The molecular weight excluding hydrogens is 346 g/mol. The summed E-state index contributed by atoms with van der Waals surface area (Å²) < 4.78 is 0. The number of carbonyl (C=O) groups excluding carboxylic acids is 1. The zero-order valence-electron chi connectivity index (χ0n) is 15.2. The Morgan fingerprint density at radius 3 is 2.00 bits per heavy atom. The Morgan fingerprint density at radius 1 is 0.786 bits per heavy atom. The Morgan fingerprint density at radius 2 is 1.36 bits per heavy atom. The van der Waals surface area contributed by atoms with Gasteiger partial charge >= 0.3 is 6.03 Å².